The molecule has 1 fully saturated rings. The number of nitrogens with zero attached hydrogens (tertiary/aromatic N) is 2. The lowest BCUT2D eigenvalue weighted by atomic mass is 9.91. The van der Waals surface area contributed by atoms with E-state index in [4.69, 9.17) is 16.3 Å². The van der Waals surface area contributed by atoms with Gasteiger partial charge in [-0.15, -0.1) is 6.58 Å². The van der Waals surface area contributed by atoms with Gasteiger partial charge < -0.3 is 9.64 Å². The second-order valence-corrected chi connectivity index (χ2v) is 6.78. The molecule has 0 bridgehead atoms. The van der Waals surface area contributed by atoms with E-state index in [1.54, 1.807) is 47.4 Å². The summed E-state index contributed by atoms with van der Waals surface area (Å²) in [6.07, 6.45) is 1.67. The number of ether oxygens (including phenoxy) is 1. The summed E-state index contributed by atoms with van der Waals surface area (Å²) in [6.45, 7) is 5.14. The van der Waals surface area contributed by atoms with Crippen LogP contribution in [0.4, 0.5) is 10.1 Å². The van der Waals surface area contributed by atoms with E-state index < -0.39 is 5.72 Å². The summed E-state index contributed by atoms with van der Waals surface area (Å²) >= 11 is 6.28. The first-order valence-corrected chi connectivity index (χ1v) is 8.81. The predicted molar refractivity (Wildman–Crippen MR) is 98.7 cm³/mol. The van der Waals surface area contributed by atoms with Crippen LogP contribution in [0.3, 0.4) is 0 Å². The number of hydrogen-bond acceptors (Lipinski definition) is 3. The van der Waals surface area contributed by atoms with Crippen LogP contribution in [0.15, 0.2) is 55.1 Å². The zero-order valence-electron chi connectivity index (χ0n) is 14.1. The molecule has 2 heterocycles. The summed E-state index contributed by atoms with van der Waals surface area (Å²) < 4.78 is 21.0. The van der Waals surface area contributed by atoms with Gasteiger partial charge in [-0.3, -0.25) is 9.69 Å². The molecule has 2 aliphatic rings. The van der Waals surface area contributed by atoms with Gasteiger partial charge >= 0.3 is 0 Å². The highest BCUT2D eigenvalue weighted by Crippen LogP contribution is 2.47. The average Bonchev–Trinajstić information content (AvgIpc) is 3.01. The molecule has 6 heteroatoms. The van der Waals surface area contributed by atoms with Gasteiger partial charge in [-0.1, -0.05) is 35.9 Å². The molecule has 1 saturated heterocycles. The Bertz CT molecular complexity index is 888. The van der Waals surface area contributed by atoms with Crippen molar-refractivity contribution in [2.24, 2.45) is 0 Å². The molecule has 0 aliphatic carbocycles. The zero-order valence-corrected chi connectivity index (χ0v) is 14.9. The van der Waals surface area contributed by atoms with Crippen LogP contribution in [0, 0.1) is 5.82 Å². The lowest BCUT2D eigenvalue weighted by molar-refractivity contribution is -0.123. The summed E-state index contributed by atoms with van der Waals surface area (Å²) in [5.41, 5.74) is 0.526. The van der Waals surface area contributed by atoms with Crippen LogP contribution < -0.4 is 4.90 Å². The number of hydrogen-bond donors (Lipinski definition) is 0. The normalized spacial score (nSPS) is 22.7. The first-order chi connectivity index (χ1) is 12.6. The molecule has 0 N–H and O–H groups in total. The van der Waals surface area contributed by atoms with Crippen LogP contribution in [0.2, 0.25) is 5.02 Å². The highest BCUT2D eigenvalue weighted by atomic mass is 35.5. The Morgan fingerprint density at radius 2 is 2.08 bits per heavy atom. The highest BCUT2D eigenvalue weighted by molar-refractivity contribution is 6.30. The topological polar surface area (TPSA) is 32.8 Å². The number of fused-ring (bicyclic) bond motifs is 3. The van der Waals surface area contributed by atoms with Crippen LogP contribution >= 0.6 is 11.6 Å². The number of anilines is 1. The standard InChI is InChI=1S/C20H18ClFN2O2/c1-2-9-24-18-8-7-14(21)12-16(18)20(15-5-3-4-6-17(15)22)23(10-11-26-20)13-19(24)25/h2-8,12H,1,9-11,13H2. The maximum Gasteiger partial charge on any atom is 0.241 e. The lowest BCUT2D eigenvalue weighted by Crippen LogP contribution is -2.45. The third-order valence-corrected chi connectivity index (χ3v) is 5.14. The molecule has 4 nitrogen and oxygen atoms in total. The maximum absolute atomic E-state index is 14.8. The molecule has 1 unspecified atom stereocenters. The third kappa shape index (κ3) is 2.47. The molecular formula is C20H18ClFN2O2. The van der Waals surface area contributed by atoms with E-state index in [-0.39, 0.29) is 18.3 Å². The molecule has 26 heavy (non-hydrogen) atoms. The van der Waals surface area contributed by atoms with Crippen molar-refractivity contribution < 1.29 is 13.9 Å². The van der Waals surface area contributed by atoms with Crippen molar-refractivity contribution in [1.82, 2.24) is 4.90 Å². The summed E-state index contributed by atoms with van der Waals surface area (Å²) in [5, 5.41) is 0.503. The Hall–Kier alpha value is -2.21. The van der Waals surface area contributed by atoms with Crippen LogP contribution in [-0.4, -0.2) is 37.0 Å². The van der Waals surface area contributed by atoms with Crippen molar-refractivity contribution in [2.75, 3.05) is 31.1 Å². The number of rotatable bonds is 3. The molecule has 0 aromatic heterocycles. The summed E-state index contributed by atoms with van der Waals surface area (Å²) in [4.78, 5) is 16.4. The average molecular weight is 373 g/mol. The third-order valence-electron chi connectivity index (χ3n) is 4.91. The number of amides is 1. The molecule has 0 spiro atoms. The molecule has 1 amide bonds. The van der Waals surface area contributed by atoms with Gasteiger partial charge in [0.25, 0.3) is 0 Å². The zero-order chi connectivity index (χ0) is 18.3. The SMILES string of the molecule is C=CCN1C(=O)CN2CCOC2(c2ccccc2F)c2cc(Cl)ccc21. The molecule has 0 saturated carbocycles. The summed E-state index contributed by atoms with van der Waals surface area (Å²) in [5.74, 6) is -0.466. The maximum atomic E-state index is 14.8. The fraction of sp³-hybridized carbons (Fsp3) is 0.250. The van der Waals surface area contributed by atoms with Crippen molar-refractivity contribution in [2.45, 2.75) is 5.72 Å². The van der Waals surface area contributed by atoms with Crippen molar-refractivity contribution >= 4 is 23.2 Å². The van der Waals surface area contributed by atoms with Gasteiger partial charge in [-0.25, -0.2) is 4.39 Å². The molecule has 1 atom stereocenters. The number of halogens is 2. The van der Waals surface area contributed by atoms with Gasteiger partial charge in [0.15, 0.2) is 5.72 Å². The van der Waals surface area contributed by atoms with Crippen LogP contribution in [0.25, 0.3) is 0 Å². The second-order valence-electron chi connectivity index (χ2n) is 6.35. The molecular weight excluding hydrogens is 355 g/mol. The van der Waals surface area contributed by atoms with E-state index in [9.17, 15) is 9.18 Å². The smallest absolute Gasteiger partial charge is 0.241 e. The van der Waals surface area contributed by atoms with E-state index in [2.05, 4.69) is 6.58 Å². The van der Waals surface area contributed by atoms with Crippen molar-refractivity contribution in [3.8, 4) is 0 Å². The minimum atomic E-state index is -1.18. The van der Waals surface area contributed by atoms with E-state index in [0.717, 1.165) is 0 Å². The number of carbonyl (C=O) groups is 1. The number of benzene rings is 2. The van der Waals surface area contributed by atoms with Crippen LogP contribution in [0.1, 0.15) is 11.1 Å². The Morgan fingerprint density at radius 1 is 1.27 bits per heavy atom. The van der Waals surface area contributed by atoms with Gasteiger partial charge in [0.05, 0.1) is 18.8 Å². The van der Waals surface area contributed by atoms with Gasteiger partial charge in [-0.05, 0) is 24.3 Å². The molecule has 2 aliphatic heterocycles. The molecule has 2 aromatic carbocycles. The first kappa shape index (κ1) is 17.2. The first-order valence-electron chi connectivity index (χ1n) is 8.43. The van der Waals surface area contributed by atoms with E-state index in [1.807, 2.05) is 4.90 Å². The largest absolute Gasteiger partial charge is 0.350 e. The molecule has 134 valence electrons. The van der Waals surface area contributed by atoms with Gasteiger partial charge in [0, 0.05) is 29.2 Å². The predicted octanol–water partition coefficient (Wildman–Crippen LogP) is 3.55. The lowest BCUT2D eigenvalue weighted by Gasteiger charge is -2.37. The fourth-order valence-corrected chi connectivity index (χ4v) is 4.02. The minimum Gasteiger partial charge on any atom is -0.350 e. The van der Waals surface area contributed by atoms with E-state index >= 15 is 0 Å². The van der Waals surface area contributed by atoms with Crippen molar-refractivity contribution in [1.29, 1.82) is 0 Å². The molecule has 2 aromatic rings. The second kappa shape index (κ2) is 6.50. The van der Waals surface area contributed by atoms with Crippen LogP contribution in [0.5, 0.6) is 0 Å². The Labute approximate surface area is 156 Å². The van der Waals surface area contributed by atoms with E-state index in [0.29, 0.717) is 41.5 Å². The van der Waals surface area contributed by atoms with Gasteiger partial charge in [0.2, 0.25) is 5.91 Å². The van der Waals surface area contributed by atoms with Crippen LogP contribution in [-0.2, 0) is 15.3 Å². The van der Waals surface area contributed by atoms with Crippen molar-refractivity contribution in [3.63, 3.8) is 0 Å². The fourth-order valence-electron chi connectivity index (χ4n) is 3.85. The summed E-state index contributed by atoms with van der Waals surface area (Å²) in [7, 11) is 0. The Morgan fingerprint density at radius 3 is 2.85 bits per heavy atom. The van der Waals surface area contributed by atoms with E-state index in [1.165, 1.54) is 6.07 Å². The monoisotopic (exact) mass is 372 g/mol. The summed E-state index contributed by atoms with van der Waals surface area (Å²) in [6, 6.07) is 11.8. The van der Waals surface area contributed by atoms with Gasteiger partial charge in [-0.2, -0.15) is 0 Å². The molecule has 4 rings (SSSR count). The minimum absolute atomic E-state index is 0.0859. The number of carbonyl (C=O) groups excluding carboxylic acids is 1. The quantitative estimate of drug-likeness (QED) is 0.772. The Balaban J connectivity index is 2.04. The Kier molecular flexibility index (Phi) is 4.31. The molecule has 0 radical (unpaired) electrons. The van der Waals surface area contributed by atoms with Crippen molar-refractivity contribution in [3.05, 3.63) is 77.1 Å². The highest BCUT2D eigenvalue weighted by Gasteiger charge is 2.51. The van der Waals surface area contributed by atoms with Gasteiger partial charge in [0.1, 0.15) is 5.82 Å².